The lowest BCUT2D eigenvalue weighted by Crippen LogP contribution is -2.43. The summed E-state index contributed by atoms with van der Waals surface area (Å²) in [6, 6.07) is 10.5. The van der Waals surface area contributed by atoms with Crippen molar-refractivity contribution in [1.82, 2.24) is 10.2 Å². The van der Waals surface area contributed by atoms with Gasteiger partial charge in [-0.05, 0) is 50.3 Å². The highest BCUT2D eigenvalue weighted by Gasteiger charge is 2.28. The molecular formula is C16H24N2. The molecule has 1 aromatic rings. The lowest BCUT2D eigenvalue weighted by Gasteiger charge is -2.40. The average Bonchev–Trinajstić information content (AvgIpc) is 2.47. The van der Waals surface area contributed by atoms with Crippen molar-refractivity contribution >= 4 is 0 Å². The number of likely N-dealkylation sites (tertiary alicyclic amines) is 1. The molecule has 1 fully saturated rings. The third kappa shape index (κ3) is 2.32. The van der Waals surface area contributed by atoms with Crippen LogP contribution in [-0.2, 0) is 6.42 Å². The molecule has 1 heterocycles. The van der Waals surface area contributed by atoms with Gasteiger partial charge in [0.05, 0.1) is 0 Å². The number of aryl methyl sites for hydroxylation is 1. The molecule has 0 saturated carbocycles. The second-order valence-electron chi connectivity index (χ2n) is 5.71. The van der Waals surface area contributed by atoms with Crippen molar-refractivity contribution in [2.75, 3.05) is 20.1 Å². The second-order valence-corrected chi connectivity index (χ2v) is 5.71. The number of rotatable bonds is 2. The van der Waals surface area contributed by atoms with Crippen molar-refractivity contribution in [1.29, 1.82) is 0 Å². The summed E-state index contributed by atoms with van der Waals surface area (Å²) >= 11 is 0. The predicted octanol–water partition coefficient (Wildman–Crippen LogP) is 2.75. The molecule has 98 valence electrons. The molecule has 1 aliphatic carbocycles. The Morgan fingerprint density at radius 3 is 2.67 bits per heavy atom. The number of benzene rings is 1. The number of hydrogen-bond acceptors (Lipinski definition) is 2. The monoisotopic (exact) mass is 244 g/mol. The van der Waals surface area contributed by atoms with E-state index in [4.69, 9.17) is 0 Å². The Balaban J connectivity index is 1.74. The minimum atomic E-state index is 0.688. The summed E-state index contributed by atoms with van der Waals surface area (Å²) in [5.41, 5.74) is 3.19. The Morgan fingerprint density at radius 2 is 1.89 bits per heavy atom. The van der Waals surface area contributed by atoms with Crippen molar-refractivity contribution in [3.63, 3.8) is 0 Å². The van der Waals surface area contributed by atoms with Crippen LogP contribution >= 0.6 is 0 Å². The molecule has 0 radical (unpaired) electrons. The topological polar surface area (TPSA) is 15.3 Å². The third-order valence-corrected chi connectivity index (χ3v) is 4.72. The van der Waals surface area contributed by atoms with Gasteiger partial charge in [-0.3, -0.25) is 4.90 Å². The maximum atomic E-state index is 3.42. The van der Waals surface area contributed by atoms with Crippen molar-refractivity contribution in [3.8, 4) is 0 Å². The molecule has 3 rings (SSSR count). The Hall–Kier alpha value is -0.860. The predicted molar refractivity (Wildman–Crippen MR) is 75.8 cm³/mol. The van der Waals surface area contributed by atoms with E-state index in [1.165, 1.54) is 45.2 Å². The van der Waals surface area contributed by atoms with Gasteiger partial charge in [-0.25, -0.2) is 0 Å². The van der Waals surface area contributed by atoms with Crippen LogP contribution in [0.2, 0.25) is 0 Å². The van der Waals surface area contributed by atoms with Gasteiger partial charge < -0.3 is 5.32 Å². The van der Waals surface area contributed by atoms with Gasteiger partial charge in [-0.1, -0.05) is 24.3 Å². The van der Waals surface area contributed by atoms with Crippen LogP contribution < -0.4 is 5.32 Å². The fourth-order valence-corrected chi connectivity index (χ4v) is 3.61. The van der Waals surface area contributed by atoms with Crippen molar-refractivity contribution in [3.05, 3.63) is 35.4 Å². The molecule has 0 amide bonds. The molecule has 1 atom stereocenters. The Morgan fingerprint density at radius 1 is 1.11 bits per heavy atom. The zero-order valence-electron chi connectivity index (χ0n) is 11.4. The fourth-order valence-electron chi connectivity index (χ4n) is 3.61. The molecule has 2 heteroatoms. The summed E-state index contributed by atoms with van der Waals surface area (Å²) in [6.45, 7) is 2.51. The third-order valence-electron chi connectivity index (χ3n) is 4.72. The lowest BCUT2D eigenvalue weighted by atomic mass is 9.86. The van der Waals surface area contributed by atoms with Crippen molar-refractivity contribution < 1.29 is 0 Å². The van der Waals surface area contributed by atoms with E-state index in [1.54, 1.807) is 11.1 Å². The summed E-state index contributed by atoms with van der Waals surface area (Å²) in [6.07, 6.45) is 6.58. The summed E-state index contributed by atoms with van der Waals surface area (Å²) in [4.78, 5) is 2.71. The van der Waals surface area contributed by atoms with Crippen molar-refractivity contribution in [2.24, 2.45) is 0 Å². The van der Waals surface area contributed by atoms with E-state index in [1.807, 2.05) is 0 Å². The largest absolute Gasteiger partial charge is 0.317 e. The highest BCUT2D eigenvalue weighted by atomic mass is 15.2. The van der Waals surface area contributed by atoms with E-state index in [0.29, 0.717) is 6.04 Å². The van der Waals surface area contributed by atoms with E-state index >= 15 is 0 Å². The van der Waals surface area contributed by atoms with Crippen LogP contribution in [0, 0.1) is 0 Å². The second kappa shape index (κ2) is 5.41. The minimum absolute atomic E-state index is 0.688. The van der Waals surface area contributed by atoms with Gasteiger partial charge in [-0.2, -0.15) is 0 Å². The summed E-state index contributed by atoms with van der Waals surface area (Å²) in [5, 5.41) is 3.42. The summed E-state index contributed by atoms with van der Waals surface area (Å²) < 4.78 is 0. The van der Waals surface area contributed by atoms with Crippen LogP contribution in [0.1, 0.15) is 42.9 Å². The molecule has 2 nitrogen and oxygen atoms in total. The van der Waals surface area contributed by atoms with Gasteiger partial charge >= 0.3 is 0 Å². The van der Waals surface area contributed by atoms with Gasteiger partial charge in [0, 0.05) is 25.2 Å². The summed E-state index contributed by atoms with van der Waals surface area (Å²) in [7, 11) is 2.09. The Bertz CT molecular complexity index is 394. The number of nitrogens with one attached hydrogen (secondary N) is 1. The molecule has 2 aliphatic rings. The molecule has 1 aromatic carbocycles. The zero-order chi connectivity index (χ0) is 12.4. The molecule has 18 heavy (non-hydrogen) atoms. The molecule has 0 aromatic heterocycles. The SMILES string of the molecule is CNC1CCN(C2CCCc3ccccc32)CC1. The van der Waals surface area contributed by atoms with Gasteiger partial charge in [0.25, 0.3) is 0 Å². The van der Waals surface area contributed by atoms with Gasteiger partial charge in [0.15, 0.2) is 0 Å². The minimum Gasteiger partial charge on any atom is -0.317 e. The highest BCUT2D eigenvalue weighted by Crippen LogP contribution is 2.35. The van der Waals surface area contributed by atoms with Gasteiger partial charge in [0.1, 0.15) is 0 Å². The first kappa shape index (κ1) is 12.2. The van der Waals surface area contributed by atoms with Crippen molar-refractivity contribution in [2.45, 2.75) is 44.2 Å². The molecular weight excluding hydrogens is 220 g/mol. The maximum Gasteiger partial charge on any atom is 0.0350 e. The van der Waals surface area contributed by atoms with Crippen LogP contribution in [0.5, 0.6) is 0 Å². The number of hydrogen-bond donors (Lipinski definition) is 1. The molecule has 1 unspecified atom stereocenters. The van der Waals surface area contributed by atoms with E-state index in [-0.39, 0.29) is 0 Å². The Labute approximate surface area is 110 Å². The fraction of sp³-hybridized carbons (Fsp3) is 0.625. The summed E-state index contributed by atoms with van der Waals surface area (Å²) in [5.74, 6) is 0. The highest BCUT2D eigenvalue weighted by molar-refractivity contribution is 5.32. The zero-order valence-corrected chi connectivity index (χ0v) is 11.4. The first-order chi connectivity index (χ1) is 8.88. The van der Waals surface area contributed by atoms with E-state index in [2.05, 4.69) is 41.5 Å². The van der Waals surface area contributed by atoms with Crippen LogP contribution in [-0.4, -0.2) is 31.1 Å². The normalized spacial score (nSPS) is 25.9. The lowest BCUT2D eigenvalue weighted by molar-refractivity contribution is 0.132. The first-order valence-electron chi connectivity index (χ1n) is 7.37. The smallest absolute Gasteiger partial charge is 0.0350 e. The number of piperidine rings is 1. The average molecular weight is 244 g/mol. The maximum absolute atomic E-state index is 3.42. The molecule has 1 saturated heterocycles. The van der Waals surface area contributed by atoms with E-state index in [9.17, 15) is 0 Å². The molecule has 0 spiro atoms. The first-order valence-corrected chi connectivity index (χ1v) is 7.37. The van der Waals surface area contributed by atoms with E-state index < -0.39 is 0 Å². The van der Waals surface area contributed by atoms with Gasteiger partial charge in [0.2, 0.25) is 0 Å². The molecule has 0 bridgehead atoms. The molecule has 1 N–H and O–H groups in total. The van der Waals surface area contributed by atoms with Crippen LogP contribution in [0.4, 0.5) is 0 Å². The van der Waals surface area contributed by atoms with Crippen LogP contribution in [0.3, 0.4) is 0 Å². The standard InChI is InChI=1S/C16H24N2/c1-17-14-9-11-18(12-10-14)16-8-4-6-13-5-2-3-7-15(13)16/h2-3,5,7,14,16-17H,4,6,8-12H2,1H3. The van der Waals surface area contributed by atoms with Crippen LogP contribution in [0.15, 0.2) is 24.3 Å². The Kier molecular flexibility index (Phi) is 3.67. The number of fused-ring (bicyclic) bond motifs is 1. The number of nitrogens with zero attached hydrogens (tertiary/aromatic N) is 1. The quantitative estimate of drug-likeness (QED) is 0.860. The van der Waals surface area contributed by atoms with Gasteiger partial charge in [-0.15, -0.1) is 0 Å². The van der Waals surface area contributed by atoms with E-state index in [0.717, 1.165) is 6.04 Å². The molecule has 1 aliphatic heterocycles. The van der Waals surface area contributed by atoms with Crippen LogP contribution in [0.25, 0.3) is 0 Å².